The average Bonchev–Trinajstić information content (AvgIpc) is 3.44. The standard InChI is InChI=1S/C20H20F3N5O4S/c1-4-28-18(25-26-19(28)32-14-6-5-13-7-8-24-15(13)10-14)12(3)27-33(29,30)16-9-11(2)31-17(16)20(21,22)23/h5-10,12,24,27H,4H2,1-3H3/t12-/m1/s1. The van der Waals surface area contributed by atoms with E-state index in [9.17, 15) is 21.6 Å². The summed E-state index contributed by atoms with van der Waals surface area (Å²) in [6.07, 6.45) is -3.17. The van der Waals surface area contributed by atoms with E-state index in [-0.39, 0.29) is 17.6 Å². The maximum absolute atomic E-state index is 13.2. The van der Waals surface area contributed by atoms with Crippen molar-refractivity contribution in [3.63, 3.8) is 0 Å². The van der Waals surface area contributed by atoms with Crippen molar-refractivity contribution < 1.29 is 30.7 Å². The van der Waals surface area contributed by atoms with Gasteiger partial charge in [-0.05, 0) is 44.4 Å². The molecule has 0 fully saturated rings. The lowest BCUT2D eigenvalue weighted by Crippen LogP contribution is -2.30. The van der Waals surface area contributed by atoms with Crippen LogP contribution in [0.1, 0.15) is 37.2 Å². The van der Waals surface area contributed by atoms with E-state index in [0.717, 1.165) is 17.0 Å². The van der Waals surface area contributed by atoms with Gasteiger partial charge in [0.15, 0.2) is 5.82 Å². The summed E-state index contributed by atoms with van der Waals surface area (Å²) in [5, 5.41) is 8.98. The third-order valence-electron chi connectivity index (χ3n) is 4.88. The average molecular weight is 483 g/mol. The van der Waals surface area contributed by atoms with E-state index in [1.165, 1.54) is 18.4 Å². The van der Waals surface area contributed by atoms with Crippen LogP contribution in [0, 0.1) is 6.92 Å². The van der Waals surface area contributed by atoms with Crippen molar-refractivity contribution in [2.75, 3.05) is 0 Å². The molecule has 1 aromatic carbocycles. The Hall–Kier alpha value is -3.32. The number of aryl methyl sites for hydroxylation is 1. The van der Waals surface area contributed by atoms with Crippen molar-refractivity contribution in [1.29, 1.82) is 0 Å². The first kappa shape index (κ1) is 22.9. The van der Waals surface area contributed by atoms with Gasteiger partial charge < -0.3 is 14.1 Å². The Morgan fingerprint density at radius 2 is 2.00 bits per heavy atom. The number of sulfonamides is 1. The predicted molar refractivity (Wildman–Crippen MR) is 111 cm³/mol. The molecule has 0 saturated carbocycles. The topological polar surface area (TPSA) is 115 Å². The zero-order chi connectivity index (χ0) is 24.0. The van der Waals surface area contributed by atoms with Gasteiger partial charge in [0.2, 0.25) is 15.8 Å². The van der Waals surface area contributed by atoms with Gasteiger partial charge in [-0.2, -0.15) is 13.2 Å². The minimum Gasteiger partial charge on any atom is -0.455 e. The number of ether oxygens (including phenoxy) is 1. The van der Waals surface area contributed by atoms with Crippen LogP contribution in [0.2, 0.25) is 0 Å². The molecule has 0 radical (unpaired) electrons. The summed E-state index contributed by atoms with van der Waals surface area (Å²) in [6.45, 7) is 4.78. The van der Waals surface area contributed by atoms with Gasteiger partial charge in [0, 0.05) is 30.4 Å². The molecule has 3 heterocycles. The van der Waals surface area contributed by atoms with Crippen molar-refractivity contribution in [3.8, 4) is 11.8 Å². The van der Waals surface area contributed by atoms with E-state index < -0.39 is 32.9 Å². The van der Waals surface area contributed by atoms with Gasteiger partial charge in [-0.15, -0.1) is 5.10 Å². The van der Waals surface area contributed by atoms with Gasteiger partial charge in [-0.1, -0.05) is 5.10 Å². The molecule has 176 valence electrons. The largest absolute Gasteiger partial charge is 0.455 e. The van der Waals surface area contributed by atoms with Crippen molar-refractivity contribution in [2.45, 2.75) is 44.4 Å². The summed E-state index contributed by atoms with van der Waals surface area (Å²) < 4.78 is 79.3. The number of hydrogen-bond acceptors (Lipinski definition) is 6. The number of alkyl halides is 3. The molecule has 9 nitrogen and oxygen atoms in total. The molecule has 0 aliphatic heterocycles. The van der Waals surface area contributed by atoms with Gasteiger partial charge in [0.05, 0.1) is 6.04 Å². The second-order valence-electron chi connectivity index (χ2n) is 7.30. The van der Waals surface area contributed by atoms with Crippen LogP contribution in [0.15, 0.2) is 45.8 Å². The highest BCUT2D eigenvalue weighted by Gasteiger charge is 2.42. The monoisotopic (exact) mass is 483 g/mol. The smallest absolute Gasteiger partial charge is 0.450 e. The maximum Gasteiger partial charge on any atom is 0.450 e. The quantitative estimate of drug-likeness (QED) is 0.399. The van der Waals surface area contributed by atoms with Crippen molar-refractivity contribution >= 4 is 20.9 Å². The number of H-pyrrole nitrogens is 1. The molecule has 4 rings (SSSR count). The van der Waals surface area contributed by atoms with Gasteiger partial charge in [-0.25, -0.2) is 13.1 Å². The molecule has 0 saturated heterocycles. The zero-order valence-corrected chi connectivity index (χ0v) is 18.6. The molecular formula is C20H20F3N5O4S. The normalized spacial score (nSPS) is 13.5. The van der Waals surface area contributed by atoms with E-state index in [0.29, 0.717) is 12.3 Å². The highest BCUT2D eigenvalue weighted by molar-refractivity contribution is 7.89. The zero-order valence-electron chi connectivity index (χ0n) is 17.8. The number of aromatic amines is 1. The van der Waals surface area contributed by atoms with E-state index in [1.54, 1.807) is 25.3 Å². The number of fused-ring (bicyclic) bond motifs is 1. The lowest BCUT2D eigenvalue weighted by atomic mass is 10.2. The Bertz CT molecular complexity index is 1400. The minimum absolute atomic E-state index is 0.111. The van der Waals surface area contributed by atoms with E-state index in [2.05, 4.69) is 24.3 Å². The first-order valence-electron chi connectivity index (χ1n) is 9.87. The summed E-state index contributed by atoms with van der Waals surface area (Å²) in [6, 6.07) is 7.21. The molecule has 0 aliphatic carbocycles. The fourth-order valence-corrected chi connectivity index (χ4v) is 4.85. The molecule has 0 unspecified atom stereocenters. The fraction of sp³-hybridized carbons (Fsp3) is 0.300. The van der Waals surface area contributed by atoms with Crippen LogP contribution in [0.25, 0.3) is 10.9 Å². The van der Waals surface area contributed by atoms with Gasteiger partial charge in [0.1, 0.15) is 16.4 Å². The second kappa shape index (κ2) is 8.23. The molecule has 3 aromatic heterocycles. The predicted octanol–water partition coefficient (Wildman–Crippen LogP) is 4.53. The molecule has 0 bridgehead atoms. The number of hydrogen-bond donors (Lipinski definition) is 2. The third kappa shape index (κ3) is 4.46. The first-order valence-corrected chi connectivity index (χ1v) is 11.4. The van der Waals surface area contributed by atoms with Crippen LogP contribution >= 0.6 is 0 Å². The highest BCUT2D eigenvalue weighted by Crippen LogP contribution is 2.36. The van der Waals surface area contributed by atoms with Crippen LogP contribution in [0.5, 0.6) is 11.8 Å². The number of halogens is 3. The second-order valence-corrected chi connectivity index (χ2v) is 8.99. The molecule has 33 heavy (non-hydrogen) atoms. The number of rotatable bonds is 7. The minimum atomic E-state index is -4.97. The fourth-order valence-electron chi connectivity index (χ4n) is 3.43. The number of furan rings is 1. The molecule has 2 N–H and O–H groups in total. The van der Waals surface area contributed by atoms with E-state index >= 15 is 0 Å². The van der Waals surface area contributed by atoms with Gasteiger partial charge >= 0.3 is 12.2 Å². The summed E-state index contributed by atoms with van der Waals surface area (Å²) in [7, 11) is -4.58. The first-order chi connectivity index (χ1) is 15.5. The Morgan fingerprint density at radius 3 is 2.70 bits per heavy atom. The van der Waals surface area contributed by atoms with Crippen molar-refractivity contribution in [2.24, 2.45) is 0 Å². The lowest BCUT2D eigenvalue weighted by Gasteiger charge is -2.15. The van der Waals surface area contributed by atoms with Crippen LogP contribution < -0.4 is 9.46 Å². The van der Waals surface area contributed by atoms with Crippen LogP contribution in [0.3, 0.4) is 0 Å². The Labute approximate surface area is 186 Å². The highest BCUT2D eigenvalue weighted by atomic mass is 32.2. The summed E-state index contributed by atoms with van der Waals surface area (Å²) in [4.78, 5) is 2.08. The van der Waals surface area contributed by atoms with Gasteiger partial charge in [-0.3, -0.25) is 4.57 Å². The van der Waals surface area contributed by atoms with Crippen LogP contribution in [0.4, 0.5) is 13.2 Å². The summed E-state index contributed by atoms with van der Waals surface area (Å²) >= 11 is 0. The molecule has 1 atom stereocenters. The molecule has 4 aromatic rings. The van der Waals surface area contributed by atoms with Gasteiger partial charge in [0.25, 0.3) is 0 Å². The van der Waals surface area contributed by atoms with Crippen LogP contribution in [-0.2, 0) is 22.7 Å². The lowest BCUT2D eigenvalue weighted by molar-refractivity contribution is -0.155. The Balaban J connectivity index is 1.60. The van der Waals surface area contributed by atoms with Crippen LogP contribution in [-0.4, -0.2) is 28.2 Å². The summed E-state index contributed by atoms with van der Waals surface area (Å²) in [5.41, 5.74) is 0.854. The molecule has 0 amide bonds. The number of nitrogens with zero attached hydrogens (tertiary/aromatic N) is 3. The summed E-state index contributed by atoms with van der Waals surface area (Å²) in [5.74, 6) is -1.11. The molecular weight excluding hydrogens is 463 g/mol. The van der Waals surface area contributed by atoms with Crippen molar-refractivity contribution in [3.05, 3.63) is 53.9 Å². The third-order valence-corrected chi connectivity index (χ3v) is 6.43. The number of aromatic nitrogens is 4. The van der Waals surface area contributed by atoms with Crippen molar-refractivity contribution in [1.82, 2.24) is 24.5 Å². The Kier molecular flexibility index (Phi) is 5.70. The maximum atomic E-state index is 13.2. The van der Waals surface area contributed by atoms with E-state index in [1.807, 2.05) is 12.1 Å². The molecule has 13 heteroatoms. The number of nitrogens with one attached hydrogen (secondary N) is 2. The molecule has 0 aliphatic rings. The Morgan fingerprint density at radius 1 is 1.24 bits per heavy atom. The SMILES string of the molecule is CCn1c(Oc2ccc3cc[nH]c3c2)nnc1[C@@H](C)NS(=O)(=O)c1cc(C)oc1C(F)(F)F. The molecule has 0 spiro atoms. The van der Waals surface area contributed by atoms with E-state index in [4.69, 9.17) is 4.74 Å². The number of benzene rings is 1.